The second kappa shape index (κ2) is 6.55. The molecule has 0 amide bonds. The molecule has 6 nitrogen and oxygen atoms in total. The Hall–Kier alpha value is -3.28. The van der Waals surface area contributed by atoms with Gasteiger partial charge in [-0.25, -0.2) is 4.98 Å². The van der Waals surface area contributed by atoms with Crippen LogP contribution in [0.3, 0.4) is 0 Å². The fourth-order valence-electron chi connectivity index (χ4n) is 3.24. The van der Waals surface area contributed by atoms with Crippen LogP contribution in [0.5, 0.6) is 0 Å². The van der Waals surface area contributed by atoms with Crippen molar-refractivity contribution in [1.82, 2.24) is 24.1 Å². The van der Waals surface area contributed by atoms with E-state index in [0.29, 0.717) is 18.6 Å². The zero-order valence-corrected chi connectivity index (χ0v) is 14.8. The Morgan fingerprint density at radius 1 is 1.00 bits per heavy atom. The first kappa shape index (κ1) is 16.2. The third-order valence-corrected chi connectivity index (χ3v) is 4.77. The van der Waals surface area contributed by atoms with Crippen LogP contribution >= 0.6 is 0 Å². The highest BCUT2D eigenvalue weighted by Crippen LogP contribution is 2.21. The van der Waals surface area contributed by atoms with Crippen LogP contribution in [-0.2, 0) is 13.1 Å². The van der Waals surface area contributed by atoms with E-state index in [4.69, 9.17) is 5.41 Å². The average Bonchev–Trinajstić information content (AvgIpc) is 2.91. The summed E-state index contributed by atoms with van der Waals surface area (Å²) >= 11 is 0. The lowest BCUT2D eigenvalue weighted by Crippen LogP contribution is -2.22. The molecule has 0 saturated heterocycles. The van der Waals surface area contributed by atoms with Gasteiger partial charge in [-0.15, -0.1) is 0 Å². The van der Waals surface area contributed by atoms with Crippen molar-refractivity contribution < 1.29 is 0 Å². The van der Waals surface area contributed by atoms with Gasteiger partial charge in [0.25, 0.3) is 0 Å². The molecule has 1 N–H and O–H groups in total. The zero-order valence-electron chi connectivity index (χ0n) is 14.8. The minimum absolute atomic E-state index is 0.464. The van der Waals surface area contributed by atoms with Crippen LogP contribution in [0, 0.1) is 19.3 Å². The molecule has 0 aliphatic rings. The van der Waals surface area contributed by atoms with Gasteiger partial charge in [-0.1, -0.05) is 12.1 Å². The Kier molecular flexibility index (Phi) is 4.08. The van der Waals surface area contributed by atoms with E-state index in [1.807, 2.05) is 35.0 Å². The molecule has 0 bridgehead atoms. The number of hydrogen-bond acceptors (Lipinski definition) is 4. The molecule has 0 aliphatic heterocycles. The standard InChI is InChI=1S/C20H20N6/c1-14-15(2)26(11-16-6-5-8-22-10-16)20-18(14)19(21)25(13-24-20)12-17-7-3-4-9-23-17/h3-10,13,21H,11-12H2,1-2H3. The summed E-state index contributed by atoms with van der Waals surface area (Å²) < 4.78 is 4.00. The quantitative estimate of drug-likeness (QED) is 0.619. The lowest BCUT2D eigenvalue weighted by Gasteiger charge is -2.09. The van der Waals surface area contributed by atoms with E-state index in [0.717, 1.165) is 33.5 Å². The van der Waals surface area contributed by atoms with Crippen molar-refractivity contribution in [3.63, 3.8) is 0 Å². The first-order valence-corrected chi connectivity index (χ1v) is 8.53. The maximum Gasteiger partial charge on any atom is 0.146 e. The van der Waals surface area contributed by atoms with Crippen molar-refractivity contribution in [1.29, 1.82) is 5.41 Å². The van der Waals surface area contributed by atoms with Gasteiger partial charge in [0.1, 0.15) is 11.1 Å². The van der Waals surface area contributed by atoms with E-state index >= 15 is 0 Å². The van der Waals surface area contributed by atoms with Crippen LogP contribution in [0.4, 0.5) is 0 Å². The van der Waals surface area contributed by atoms with Gasteiger partial charge >= 0.3 is 0 Å². The molecule has 130 valence electrons. The van der Waals surface area contributed by atoms with E-state index < -0.39 is 0 Å². The largest absolute Gasteiger partial charge is 0.325 e. The maximum atomic E-state index is 8.69. The number of nitrogens with zero attached hydrogens (tertiary/aromatic N) is 5. The molecule has 4 aromatic rings. The lowest BCUT2D eigenvalue weighted by atomic mass is 10.2. The Balaban J connectivity index is 1.81. The molecule has 4 heterocycles. The van der Waals surface area contributed by atoms with Crippen molar-refractivity contribution in [3.05, 3.63) is 83.3 Å². The number of pyridine rings is 2. The number of aryl methyl sites for hydroxylation is 1. The van der Waals surface area contributed by atoms with Crippen molar-refractivity contribution >= 4 is 11.0 Å². The number of nitrogens with one attached hydrogen (secondary N) is 1. The average molecular weight is 344 g/mol. The van der Waals surface area contributed by atoms with Crippen LogP contribution < -0.4 is 5.49 Å². The molecule has 6 heteroatoms. The van der Waals surface area contributed by atoms with Gasteiger partial charge in [-0.05, 0) is 43.2 Å². The molecule has 0 radical (unpaired) electrons. The van der Waals surface area contributed by atoms with Crippen LogP contribution in [0.1, 0.15) is 22.5 Å². The second-order valence-corrected chi connectivity index (χ2v) is 6.40. The van der Waals surface area contributed by atoms with Gasteiger partial charge < -0.3 is 9.13 Å². The van der Waals surface area contributed by atoms with Crippen LogP contribution in [-0.4, -0.2) is 24.1 Å². The molecule has 0 aromatic carbocycles. The van der Waals surface area contributed by atoms with Crippen molar-refractivity contribution in [2.45, 2.75) is 26.9 Å². The highest BCUT2D eigenvalue weighted by Gasteiger charge is 2.15. The minimum atomic E-state index is 0.464. The highest BCUT2D eigenvalue weighted by molar-refractivity contribution is 5.80. The van der Waals surface area contributed by atoms with Gasteiger partial charge in [0.15, 0.2) is 0 Å². The summed E-state index contributed by atoms with van der Waals surface area (Å²) in [7, 11) is 0. The number of rotatable bonds is 4. The Morgan fingerprint density at radius 2 is 1.88 bits per heavy atom. The van der Waals surface area contributed by atoms with E-state index in [9.17, 15) is 0 Å². The monoisotopic (exact) mass is 344 g/mol. The maximum absolute atomic E-state index is 8.69. The normalized spacial score (nSPS) is 11.2. The third-order valence-electron chi connectivity index (χ3n) is 4.77. The fraction of sp³-hybridized carbons (Fsp3) is 0.200. The summed E-state index contributed by atoms with van der Waals surface area (Å²) in [5, 5.41) is 9.58. The summed E-state index contributed by atoms with van der Waals surface area (Å²) in [6.45, 7) is 5.37. The fourth-order valence-corrected chi connectivity index (χ4v) is 3.24. The van der Waals surface area contributed by atoms with E-state index in [1.54, 1.807) is 18.7 Å². The van der Waals surface area contributed by atoms with Crippen LogP contribution in [0.15, 0.2) is 55.2 Å². The molecule has 4 rings (SSSR count). The molecule has 0 saturated carbocycles. The minimum Gasteiger partial charge on any atom is -0.325 e. The Labute approximate surface area is 151 Å². The first-order valence-electron chi connectivity index (χ1n) is 8.53. The number of aromatic nitrogens is 5. The summed E-state index contributed by atoms with van der Waals surface area (Å²) in [5.41, 5.74) is 5.55. The van der Waals surface area contributed by atoms with E-state index in [2.05, 4.69) is 39.4 Å². The van der Waals surface area contributed by atoms with Crippen molar-refractivity contribution in [2.75, 3.05) is 0 Å². The van der Waals surface area contributed by atoms with Crippen LogP contribution in [0.25, 0.3) is 11.0 Å². The molecule has 26 heavy (non-hydrogen) atoms. The zero-order chi connectivity index (χ0) is 18.1. The van der Waals surface area contributed by atoms with E-state index in [-0.39, 0.29) is 0 Å². The van der Waals surface area contributed by atoms with Gasteiger partial charge in [0.2, 0.25) is 0 Å². The SMILES string of the molecule is Cc1c(C)n(Cc2cccnc2)c2ncn(Cc3ccccn3)c(=N)c12. The molecular weight excluding hydrogens is 324 g/mol. The molecule has 0 unspecified atom stereocenters. The highest BCUT2D eigenvalue weighted by atomic mass is 15.1. The second-order valence-electron chi connectivity index (χ2n) is 6.40. The third kappa shape index (κ3) is 2.79. The molecular formula is C20H20N6. The molecule has 0 aliphatic carbocycles. The Morgan fingerprint density at radius 3 is 2.62 bits per heavy atom. The van der Waals surface area contributed by atoms with Gasteiger partial charge in [-0.3, -0.25) is 15.4 Å². The number of hydrogen-bond donors (Lipinski definition) is 1. The summed E-state index contributed by atoms with van der Waals surface area (Å²) in [6, 6.07) is 9.80. The van der Waals surface area contributed by atoms with Crippen molar-refractivity contribution in [3.8, 4) is 0 Å². The summed E-state index contributed by atoms with van der Waals surface area (Å²) in [5.74, 6) is 0. The molecule has 0 spiro atoms. The Bertz CT molecular complexity index is 1110. The first-order chi connectivity index (χ1) is 12.6. The van der Waals surface area contributed by atoms with Gasteiger partial charge in [0.05, 0.1) is 30.5 Å². The summed E-state index contributed by atoms with van der Waals surface area (Å²) in [4.78, 5) is 13.2. The van der Waals surface area contributed by atoms with E-state index in [1.165, 1.54) is 0 Å². The topological polar surface area (TPSA) is 72.4 Å². The van der Waals surface area contributed by atoms with Crippen molar-refractivity contribution in [2.24, 2.45) is 0 Å². The number of fused-ring (bicyclic) bond motifs is 1. The predicted octanol–water partition coefficient (Wildman–Crippen LogP) is 2.82. The van der Waals surface area contributed by atoms with Gasteiger partial charge in [0, 0.05) is 24.3 Å². The molecule has 0 fully saturated rings. The van der Waals surface area contributed by atoms with Crippen LogP contribution in [0.2, 0.25) is 0 Å². The lowest BCUT2D eigenvalue weighted by molar-refractivity contribution is 0.701. The van der Waals surface area contributed by atoms with Gasteiger partial charge in [-0.2, -0.15) is 0 Å². The smallest absolute Gasteiger partial charge is 0.146 e. The summed E-state index contributed by atoms with van der Waals surface area (Å²) in [6.07, 6.45) is 7.14. The molecule has 4 aromatic heterocycles. The predicted molar refractivity (Wildman–Crippen MR) is 99.7 cm³/mol. The molecule has 0 atom stereocenters.